The summed E-state index contributed by atoms with van der Waals surface area (Å²) < 4.78 is 0. The molecule has 0 aromatic rings. The van der Waals surface area contributed by atoms with E-state index in [1.807, 2.05) is 0 Å². The van der Waals surface area contributed by atoms with Crippen LogP contribution in [0, 0.1) is 0 Å². The van der Waals surface area contributed by atoms with Crippen LogP contribution in [-0.2, 0) is 9.59 Å². The number of nitrogens with one attached hydrogen (secondary N) is 1. The van der Waals surface area contributed by atoms with Crippen LogP contribution in [0.2, 0.25) is 0 Å². The predicted molar refractivity (Wildman–Crippen MR) is 126 cm³/mol. The first kappa shape index (κ1) is 33.6. The quantitative estimate of drug-likeness (QED) is 0.105. The van der Waals surface area contributed by atoms with E-state index in [1.54, 1.807) is 0 Å². The molecule has 0 radical (unpaired) electrons. The van der Waals surface area contributed by atoms with Crippen molar-refractivity contribution >= 4 is 17.8 Å². The van der Waals surface area contributed by atoms with Crippen molar-refractivity contribution in [3.63, 3.8) is 0 Å². The number of carbonyl (C=O) groups is 2. The third kappa shape index (κ3) is 27.4. The van der Waals surface area contributed by atoms with E-state index in [4.69, 9.17) is 5.11 Å². The van der Waals surface area contributed by atoms with Crippen molar-refractivity contribution in [2.45, 2.75) is 129 Å². The van der Waals surface area contributed by atoms with Crippen LogP contribution in [0.15, 0.2) is 4.99 Å². The number of amides is 1. The number of carboxylic acids is 1. The second kappa shape index (κ2) is 26.7. The van der Waals surface area contributed by atoms with Gasteiger partial charge in [-0.15, -0.1) is 0 Å². The Morgan fingerprint density at radius 1 is 0.719 bits per heavy atom. The minimum absolute atomic E-state index is 0. The van der Waals surface area contributed by atoms with Crippen molar-refractivity contribution in [3.05, 3.63) is 0 Å². The first-order valence-corrected chi connectivity index (χ1v) is 12.7. The molecule has 0 aromatic carbocycles. The summed E-state index contributed by atoms with van der Waals surface area (Å²) in [4.78, 5) is 26.3. The molecule has 0 saturated carbocycles. The van der Waals surface area contributed by atoms with Gasteiger partial charge in [0.15, 0.2) is 0 Å². The largest absolute Gasteiger partial charge is 1.00 e. The van der Waals surface area contributed by atoms with Crippen molar-refractivity contribution in [2.75, 3.05) is 13.1 Å². The molecule has 0 spiro atoms. The number of aliphatic carboxylic acids is 1. The Kier molecular flexibility index (Phi) is 28.0. The number of unbranched alkanes of at least 4 members (excludes halogenated alkanes) is 14. The average molecular weight is 463 g/mol. The fourth-order valence-electron chi connectivity index (χ4n) is 3.53. The van der Waals surface area contributed by atoms with Crippen molar-refractivity contribution in [1.82, 2.24) is 5.32 Å². The van der Waals surface area contributed by atoms with Gasteiger partial charge in [-0.05, 0) is 31.6 Å². The van der Waals surface area contributed by atoms with E-state index in [9.17, 15) is 14.7 Å². The maximum Gasteiger partial charge on any atom is 1.00 e. The summed E-state index contributed by atoms with van der Waals surface area (Å²) in [6.45, 7) is 3.49. The summed E-state index contributed by atoms with van der Waals surface area (Å²) in [7, 11) is 0. The van der Waals surface area contributed by atoms with Gasteiger partial charge < -0.3 is 20.5 Å². The smallest absolute Gasteiger partial charge is 0.862 e. The summed E-state index contributed by atoms with van der Waals surface area (Å²) in [5.74, 6) is -0.921. The molecule has 0 bridgehead atoms. The van der Waals surface area contributed by atoms with Gasteiger partial charge in [0.25, 0.3) is 0 Å². The van der Waals surface area contributed by atoms with Crippen molar-refractivity contribution in [2.24, 2.45) is 4.99 Å². The maximum atomic E-state index is 11.8. The summed E-state index contributed by atoms with van der Waals surface area (Å²) in [6, 6.07) is 0. The van der Waals surface area contributed by atoms with Gasteiger partial charge in [0.2, 0.25) is 5.91 Å². The van der Waals surface area contributed by atoms with Gasteiger partial charge >= 0.3 is 35.5 Å². The first-order chi connectivity index (χ1) is 15.1. The summed E-state index contributed by atoms with van der Waals surface area (Å²) in [6.07, 6.45) is 18.9. The van der Waals surface area contributed by atoms with Crippen molar-refractivity contribution in [3.8, 4) is 0 Å². The van der Waals surface area contributed by atoms with Crippen LogP contribution in [0.1, 0.15) is 129 Å². The van der Waals surface area contributed by atoms with E-state index in [1.165, 1.54) is 38.5 Å². The number of rotatable bonds is 23. The predicted octanol–water partition coefficient (Wildman–Crippen LogP) is 2.38. The van der Waals surface area contributed by atoms with E-state index in [0.717, 1.165) is 64.2 Å². The van der Waals surface area contributed by atoms with Gasteiger partial charge in [0, 0.05) is 25.9 Å². The zero-order valence-electron chi connectivity index (χ0n) is 21.0. The molecule has 32 heavy (non-hydrogen) atoms. The number of nitrogens with zero attached hydrogens (tertiary/aromatic N) is 1. The zero-order valence-corrected chi connectivity index (χ0v) is 23.0. The summed E-state index contributed by atoms with van der Waals surface area (Å²) in [5, 5.41) is 23.2. The normalized spacial score (nSPS) is 11.2. The molecule has 1 amide bonds. The Balaban J connectivity index is 0. The molecule has 0 heterocycles. The molecule has 7 heteroatoms. The molecule has 0 aliphatic heterocycles. The zero-order chi connectivity index (χ0) is 23.0. The minimum atomic E-state index is -0.709. The standard InChI is InChI=1S/C25H48N2O4.Na/c1-2-3-4-5-6-10-13-16-21-26-23(28)19-20-24(29)27-22-17-14-11-8-7-9-12-15-18-25(30)31;/h2-22H2,1H3,(H,26,28)(H,27,29)(H,30,31);/q;+1/p-1. The van der Waals surface area contributed by atoms with Crippen LogP contribution in [0.5, 0.6) is 0 Å². The van der Waals surface area contributed by atoms with Crippen LogP contribution in [0.25, 0.3) is 0 Å². The van der Waals surface area contributed by atoms with Gasteiger partial charge in [0.05, 0.1) is 0 Å². The van der Waals surface area contributed by atoms with E-state index in [2.05, 4.69) is 17.2 Å². The number of carboxylic acid groups (broad SMARTS) is 1. The van der Waals surface area contributed by atoms with E-state index in [0.29, 0.717) is 13.1 Å². The molecule has 0 fully saturated rings. The van der Waals surface area contributed by atoms with Gasteiger partial charge in [-0.1, -0.05) is 90.4 Å². The second-order valence-electron chi connectivity index (χ2n) is 8.57. The fraction of sp³-hybridized carbons (Fsp3) is 0.880. The van der Waals surface area contributed by atoms with Crippen LogP contribution >= 0.6 is 0 Å². The second-order valence-corrected chi connectivity index (χ2v) is 8.57. The van der Waals surface area contributed by atoms with Gasteiger partial charge in [-0.2, -0.15) is 0 Å². The fourth-order valence-corrected chi connectivity index (χ4v) is 3.53. The molecule has 6 nitrogen and oxygen atoms in total. The van der Waals surface area contributed by atoms with Crippen molar-refractivity contribution in [1.29, 1.82) is 0 Å². The number of aliphatic imine (C=N–C) groups is 1. The van der Waals surface area contributed by atoms with Crippen LogP contribution in [0.4, 0.5) is 0 Å². The Morgan fingerprint density at radius 2 is 1.22 bits per heavy atom. The number of hydrogen-bond acceptors (Lipinski definition) is 4. The Labute approximate surface area is 218 Å². The van der Waals surface area contributed by atoms with Gasteiger partial charge in [-0.25, -0.2) is 0 Å². The van der Waals surface area contributed by atoms with Crippen molar-refractivity contribution < 1.29 is 49.4 Å². The molecule has 0 saturated heterocycles. The molecule has 2 N–H and O–H groups in total. The van der Waals surface area contributed by atoms with E-state index in [-0.39, 0.29) is 60.6 Å². The molecular formula is C25H47N2NaO4. The third-order valence-corrected chi connectivity index (χ3v) is 5.51. The Bertz CT molecular complexity index is 473. The Hall–Kier alpha value is -0.590. The summed E-state index contributed by atoms with van der Waals surface area (Å²) in [5.41, 5.74) is 0. The molecule has 182 valence electrons. The summed E-state index contributed by atoms with van der Waals surface area (Å²) >= 11 is 0. The van der Waals surface area contributed by atoms with Crippen LogP contribution in [-0.4, -0.2) is 36.0 Å². The SMILES string of the molecule is CCCCCCCCCCN=C([O-])CCC(=O)NCCCCCCCCCCC(=O)O.[Na+]. The molecule has 0 unspecified atom stereocenters. The maximum absolute atomic E-state index is 11.8. The van der Waals surface area contributed by atoms with E-state index < -0.39 is 5.97 Å². The molecule has 0 aromatic heterocycles. The van der Waals surface area contributed by atoms with E-state index >= 15 is 0 Å². The van der Waals surface area contributed by atoms with Crippen LogP contribution in [0.3, 0.4) is 0 Å². The number of hydrogen-bond donors (Lipinski definition) is 2. The van der Waals surface area contributed by atoms with Gasteiger partial charge in [-0.3, -0.25) is 9.59 Å². The topological polar surface area (TPSA) is 102 Å². The minimum Gasteiger partial charge on any atom is -0.862 e. The van der Waals surface area contributed by atoms with Gasteiger partial charge in [0.1, 0.15) is 0 Å². The molecular weight excluding hydrogens is 415 g/mol. The molecule has 0 atom stereocenters. The average Bonchev–Trinajstić information content (AvgIpc) is 2.74. The Morgan fingerprint density at radius 3 is 1.78 bits per heavy atom. The number of carbonyl (C=O) groups excluding carboxylic acids is 1. The third-order valence-electron chi connectivity index (χ3n) is 5.51. The molecule has 0 aliphatic rings. The molecule has 0 rings (SSSR count). The molecule has 0 aliphatic carbocycles. The monoisotopic (exact) mass is 462 g/mol. The first-order valence-electron chi connectivity index (χ1n) is 12.7. The van der Waals surface area contributed by atoms with Crippen LogP contribution < -0.4 is 40.0 Å².